The van der Waals surface area contributed by atoms with Crippen molar-refractivity contribution >= 4 is 21.9 Å². The van der Waals surface area contributed by atoms with E-state index in [4.69, 9.17) is 4.55 Å². The molecule has 0 saturated heterocycles. The quantitative estimate of drug-likeness (QED) is 0.731. The van der Waals surface area contributed by atoms with Gasteiger partial charge in [0.15, 0.2) is 0 Å². The largest absolute Gasteiger partial charge is 0.327 e. The topological polar surface area (TPSA) is 79.1 Å². The second-order valence-electron chi connectivity index (χ2n) is 2.94. The Kier molecular flexibility index (Phi) is 2.32. The Balaban J connectivity index is 2.77. The van der Waals surface area contributed by atoms with Gasteiger partial charge in [-0.25, -0.2) is 9.98 Å². The van der Waals surface area contributed by atoms with E-state index in [0.717, 1.165) is 11.8 Å². The molecule has 0 saturated carbocycles. The summed E-state index contributed by atoms with van der Waals surface area (Å²) in [5.41, 5.74) is 0. The molecular formula is C8H8N2O3S2. The lowest BCUT2D eigenvalue weighted by Gasteiger charge is -2.15. The number of hydrogen-bond acceptors (Lipinski definition) is 5. The highest BCUT2D eigenvalue weighted by Crippen LogP contribution is 2.31. The molecule has 7 heteroatoms. The van der Waals surface area contributed by atoms with Crippen LogP contribution >= 0.6 is 11.8 Å². The molecule has 0 unspecified atom stereocenters. The fourth-order valence-electron chi connectivity index (χ4n) is 1.29. The van der Waals surface area contributed by atoms with Crippen molar-refractivity contribution in [1.29, 1.82) is 0 Å². The lowest BCUT2D eigenvalue weighted by molar-refractivity contribution is 0.463. The average molecular weight is 244 g/mol. The average Bonchev–Trinajstić information content (AvgIpc) is 2.56. The maximum Gasteiger partial charge on any atom is 0.327 e. The van der Waals surface area contributed by atoms with Crippen molar-refractivity contribution < 1.29 is 13.0 Å². The molecule has 0 aliphatic carbocycles. The molecular weight excluding hydrogens is 236 g/mol. The van der Waals surface area contributed by atoms with Gasteiger partial charge in [0, 0.05) is 0 Å². The van der Waals surface area contributed by atoms with E-state index in [9.17, 15) is 8.42 Å². The maximum atomic E-state index is 11.2. The third kappa shape index (κ3) is 1.56. The third-order valence-corrected chi connectivity index (χ3v) is 4.71. The van der Waals surface area contributed by atoms with Gasteiger partial charge in [0.05, 0.1) is 10.7 Å². The number of para-hydroxylation sites is 2. The van der Waals surface area contributed by atoms with Crippen molar-refractivity contribution in [2.75, 3.05) is 6.26 Å². The van der Waals surface area contributed by atoms with Crippen LogP contribution in [0.5, 0.6) is 0 Å². The number of benzene rings is 1. The number of thioether (sulfide) groups is 1. The van der Waals surface area contributed by atoms with Crippen molar-refractivity contribution in [2.45, 2.75) is 4.33 Å². The summed E-state index contributed by atoms with van der Waals surface area (Å²) >= 11 is 0.872. The second kappa shape index (κ2) is 3.29. The maximum absolute atomic E-state index is 11.2. The first-order valence-electron chi connectivity index (χ1n) is 4.05. The highest BCUT2D eigenvalue weighted by molar-refractivity contribution is 8.12. The Hall–Kier alpha value is -0.920. The molecule has 80 valence electrons. The van der Waals surface area contributed by atoms with Crippen LogP contribution in [-0.4, -0.2) is 23.6 Å². The number of hydrogen-bond donors (Lipinski definition) is 1. The van der Waals surface area contributed by atoms with Gasteiger partial charge in [-0.15, -0.1) is 0 Å². The predicted molar refractivity (Wildman–Crippen MR) is 56.5 cm³/mol. The predicted octanol–water partition coefficient (Wildman–Crippen LogP) is -0.199. The SMILES string of the molecule is CSC1(S(=O)(=O)O)N=c2ccccc2=N1. The van der Waals surface area contributed by atoms with E-state index >= 15 is 0 Å². The van der Waals surface area contributed by atoms with E-state index in [1.165, 1.54) is 6.26 Å². The minimum absolute atomic E-state index is 0.476. The molecule has 1 aliphatic rings. The van der Waals surface area contributed by atoms with Crippen LogP contribution in [0.15, 0.2) is 34.3 Å². The smallest absolute Gasteiger partial charge is 0.281 e. The molecule has 1 aromatic carbocycles. The number of nitrogens with zero attached hydrogens (tertiary/aromatic N) is 2. The molecule has 0 aromatic heterocycles. The van der Waals surface area contributed by atoms with E-state index in [-0.39, 0.29) is 0 Å². The molecule has 0 atom stereocenters. The van der Waals surface area contributed by atoms with Crippen LogP contribution < -0.4 is 10.7 Å². The van der Waals surface area contributed by atoms with E-state index in [1.807, 2.05) is 0 Å². The van der Waals surface area contributed by atoms with Gasteiger partial charge in [-0.05, 0) is 18.4 Å². The first kappa shape index (κ1) is 10.6. The molecule has 15 heavy (non-hydrogen) atoms. The molecule has 0 radical (unpaired) electrons. The van der Waals surface area contributed by atoms with Crippen LogP contribution in [0.3, 0.4) is 0 Å². The van der Waals surface area contributed by atoms with E-state index in [1.54, 1.807) is 24.3 Å². The first-order valence-corrected chi connectivity index (χ1v) is 6.72. The zero-order chi connectivity index (χ0) is 11.1. The highest BCUT2D eigenvalue weighted by atomic mass is 32.3. The lowest BCUT2D eigenvalue weighted by atomic mass is 10.3. The summed E-state index contributed by atoms with van der Waals surface area (Å²) in [7, 11) is -4.35. The summed E-state index contributed by atoms with van der Waals surface area (Å²) in [4.78, 5) is 7.86. The van der Waals surface area contributed by atoms with E-state index in [0.29, 0.717) is 10.7 Å². The van der Waals surface area contributed by atoms with Gasteiger partial charge in [-0.2, -0.15) is 8.42 Å². The molecule has 0 bridgehead atoms. The van der Waals surface area contributed by atoms with Crippen molar-refractivity contribution in [3.63, 3.8) is 0 Å². The first-order chi connectivity index (χ1) is 6.98. The van der Waals surface area contributed by atoms with Gasteiger partial charge in [0.2, 0.25) is 0 Å². The third-order valence-electron chi connectivity index (χ3n) is 2.01. The summed E-state index contributed by atoms with van der Waals surface area (Å²) in [6.07, 6.45) is 1.53. The lowest BCUT2D eigenvalue weighted by Crippen LogP contribution is -2.29. The van der Waals surface area contributed by atoms with Gasteiger partial charge in [-0.3, -0.25) is 4.55 Å². The number of rotatable bonds is 2. The van der Waals surface area contributed by atoms with Gasteiger partial charge in [0.25, 0.3) is 0 Å². The minimum Gasteiger partial charge on any atom is -0.281 e. The summed E-state index contributed by atoms with van der Waals surface area (Å²) in [6, 6.07) is 6.78. The molecule has 0 amide bonds. The van der Waals surface area contributed by atoms with Crippen molar-refractivity contribution in [3.8, 4) is 0 Å². The summed E-state index contributed by atoms with van der Waals surface area (Å²) in [5, 5.41) is 0.953. The molecule has 1 aromatic rings. The van der Waals surface area contributed by atoms with E-state index < -0.39 is 14.4 Å². The molecule has 5 nitrogen and oxygen atoms in total. The number of fused-ring (bicyclic) bond motifs is 1. The molecule has 0 fully saturated rings. The van der Waals surface area contributed by atoms with Gasteiger partial charge >= 0.3 is 14.4 Å². The van der Waals surface area contributed by atoms with Crippen LogP contribution in [-0.2, 0) is 10.1 Å². The molecule has 1 N–H and O–H groups in total. The summed E-state index contributed by atoms with van der Waals surface area (Å²) < 4.78 is 29.7. The van der Waals surface area contributed by atoms with Crippen molar-refractivity contribution in [2.24, 2.45) is 9.98 Å². The van der Waals surface area contributed by atoms with E-state index in [2.05, 4.69) is 9.98 Å². The van der Waals surface area contributed by atoms with Crippen LogP contribution in [0.25, 0.3) is 0 Å². The van der Waals surface area contributed by atoms with Crippen molar-refractivity contribution in [1.82, 2.24) is 0 Å². The molecule has 1 heterocycles. The Bertz CT molecular complexity index is 574. The normalized spacial score (nSPS) is 17.7. The molecule has 1 aliphatic heterocycles. The molecule has 0 spiro atoms. The Labute approximate surface area is 90.7 Å². The minimum atomic E-state index is -4.35. The van der Waals surface area contributed by atoms with Gasteiger partial charge < -0.3 is 0 Å². The monoisotopic (exact) mass is 244 g/mol. The van der Waals surface area contributed by atoms with Crippen LogP contribution in [0.2, 0.25) is 0 Å². The fourth-order valence-corrected chi connectivity index (χ4v) is 2.94. The zero-order valence-electron chi connectivity index (χ0n) is 7.78. The Morgan fingerprint density at radius 3 is 2.07 bits per heavy atom. The summed E-state index contributed by atoms with van der Waals surface area (Å²) in [6.45, 7) is 0. The van der Waals surface area contributed by atoms with Crippen LogP contribution in [0, 0.1) is 0 Å². The Morgan fingerprint density at radius 2 is 1.73 bits per heavy atom. The van der Waals surface area contributed by atoms with Crippen LogP contribution in [0.4, 0.5) is 0 Å². The van der Waals surface area contributed by atoms with Gasteiger partial charge in [-0.1, -0.05) is 23.9 Å². The summed E-state index contributed by atoms with van der Waals surface area (Å²) in [5.74, 6) is 0. The highest BCUT2D eigenvalue weighted by Gasteiger charge is 2.44. The zero-order valence-corrected chi connectivity index (χ0v) is 9.42. The van der Waals surface area contributed by atoms with Gasteiger partial charge in [0.1, 0.15) is 0 Å². The Morgan fingerprint density at radius 1 is 1.27 bits per heavy atom. The van der Waals surface area contributed by atoms with Crippen molar-refractivity contribution in [3.05, 3.63) is 35.0 Å². The van der Waals surface area contributed by atoms with Crippen LogP contribution in [0.1, 0.15) is 0 Å². The second-order valence-corrected chi connectivity index (χ2v) is 5.70. The standard InChI is InChI=1S/C8H8N2O3S2/c1-14-8(15(11,12)13)9-6-4-2-3-5-7(6)10-8/h2-5H,1H3,(H,11,12,13). The fraction of sp³-hybridized carbons (Fsp3) is 0.250. The molecule has 2 rings (SSSR count).